The Labute approximate surface area is 206 Å². The van der Waals surface area contributed by atoms with Gasteiger partial charge in [-0.25, -0.2) is 18.6 Å². The van der Waals surface area contributed by atoms with Crippen molar-refractivity contribution in [2.75, 3.05) is 0 Å². The Morgan fingerprint density at radius 2 is 1.78 bits per heavy atom. The van der Waals surface area contributed by atoms with Crippen molar-refractivity contribution >= 4 is 11.3 Å². The summed E-state index contributed by atoms with van der Waals surface area (Å²) in [5.74, 6) is -3.23. The molecule has 0 saturated heterocycles. The smallest absolute Gasteiger partial charge is 0.441 e. The summed E-state index contributed by atoms with van der Waals surface area (Å²) < 4.78 is 79.0. The molecule has 2 heterocycles. The standard InChI is InChI=1S/C24H20F5N3O3S/c1-3-4-5-18-19(36-22(30-18)13-6-8-14(9-7-13)24(27,28)29)12-34-15-10-16(25)20(17(26)11-15)21-31-35-23(33)32(21)2/h6-11H,3-5,12H2,1-2H3. The van der Waals surface area contributed by atoms with E-state index < -0.39 is 34.7 Å². The molecule has 0 fully saturated rings. The summed E-state index contributed by atoms with van der Waals surface area (Å²) in [5, 5.41) is 3.93. The summed E-state index contributed by atoms with van der Waals surface area (Å²) >= 11 is 1.24. The zero-order valence-electron chi connectivity index (χ0n) is 19.2. The summed E-state index contributed by atoms with van der Waals surface area (Å²) in [6, 6.07) is 6.65. The largest absolute Gasteiger partial charge is 0.488 e. The zero-order chi connectivity index (χ0) is 26.0. The van der Waals surface area contributed by atoms with Gasteiger partial charge < -0.3 is 4.74 Å². The Kier molecular flexibility index (Phi) is 7.25. The first-order valence-corrected chi connectivity index (χ1v) is 11.7. The predicted molar refractivity (Wildman–Crippen MR) is 123 cm³/mol. The molecule has 4 aromatic rings. The molecule has 0 bridgehead atoms. The van der Waals surface area contributed by atoms with Crippen LogP contribution in [-0.2, 0) is 26.3 Å². The second kappa shape index (κ2) is 10.2. The first kappa shape index (κ1) is 25.5. The molecule has 0 aliphatic heterocycles. The van der Waals surface area contributed by atoms with Gasteiger partial charge in [0.15, 0.2) is 5.82 Å². The van der Waals surface area contributed by atoms with Crippen LogP contribution in [0.5, 0.6) is 5.75 Å². The Morgan fingerprint density at radius 3 is 2.33 bits per heavy atom. The van der Waals surface area contributed by atoms with Crippen molar-refractivity contribution in [1.29, 1.82) is 0 Å². The van der Waals surface area contributed by atoms with Gasteiger partial charge in [-0.1, -0.05) is 30.6 Å². The Hall–Kier alpha value is -3.54. The highest BCUT2D eigenvalue weighted by Crippen LogP contribution is 2.34. The molecule has 0 N–H and O–H groups in total. The molecule has 2 aromatic carbocycles. The molecule has 6 nitrogen and oxygen atoms in total. The highest BCUT2D eigenvalue weighted by atomic mass is 32.1. The molecule has 12 heteroatoms. The second-order valence-corrected chi connectivity index (χ2v) is 9.03. The van der Waals surface area contributed by atoms with E-state index in [1.165, 1.54) is 30.5 Å². The van der Waals surface area contributed by atoms with E-state index in [0.717, 1.165) is 41.7 Å². The Morgan fingerprint density at radius 1 is 1.11 bits per heavy atom. The van der Waals surface area contributed by atoms with Crippen LogP contribution in [0.4, 0.5) is 22.0 Å². The first-order chi connectivity index (χ1) is 17.1. The van der Waals surface area contributed by atoms with E-state index in [2.05, 4.69) is 14.7 Å². The SMILES string of the molecule is CCCCc1nc(-c2ccc(C(F)(F)F)cc2)sc1COc1cc(F)c(-c2noc(=O)n2C)c(F)c1. The maximum Gasteiger partial charge on any atom is 0.441 e. The van der Waals surface area contributed by atoms with Gasteiger partial charge in [0.1, 0.15) is 29.0 Å². The fourth-order valence-electron chi connectivity index (χ4n) is 3.46. The summed E-state index contributed by atoms with van der Waals surface area (Å²) in [7, 11) is 1.27. The van der Waals surface area contributed by atoms with E-state index in [-0.39, 0.29) is 18.2 Å². The van der Waals surface area contributed by atoms with Crippen LogP contribution in [0.25, 0.3) is 22.0 Å². The number of hydrogen-bond acceptors (Lipinski definition) is 6. The lowest BCUT2D eigenvalue weighted by Gasteiger charge is -2.09. The fraction of sp³-hybridized carbons (Fsp3) is 0.292. The van der Waals surface area contributed by atoms with Crippen LogP contribution >= 0.6 is 11.3 Å². The molecule has 190 valence electrons. The normalized spacial score (nSPS) is 11.8. The molecule has 0 unspecified atom stereocenters. The Balaban J connectivity index is 1.58. The van der Waals surface area contributed by atoms with Crippen LogP contribution in [0.3, 0.4) is 0 Å². The summed E-state index contributed by atoms with van der Waals surface area (Å²) in [6.07, 6.45) is -2.09. The molecular formula is C24H20F5N3O3S. The average molecular weight is 525 g/mol. The first-order valence-electron chi connectivity index (χ1n) is 10.9. The number of aromatic nitrogens is 3. The number of aryl methyl sites for hydroxylation is 1. The van der Waals surface area contributed by atoms with E-state index in [9.17, 15) is 26.7 Å². The minimum absolute atomic E-state index is 0.0436. The van der Waals surface area contributed by atoms with Crippen molar-refractivity contribution in [3.63, 3.8) is 0 Å². The monoisotopic (exact) mass is 525 g/mol. The van der Waals surface area contributed by atoms with Crippen molar-refractivity contribution < 1.29 is 31.2 Å². The van der Waals surface area contributed by atoms with Crippen LogP contribution in [0, 0.1) is 11.6 Å². The van der Waals surface area contributed by atoms with Crippen molar-refractivity contribution in [3.8, 4) is 27.7 Å². The van der Waals surface area contributed by atoms with Gasteiger partial charge in [-0.3, -0.25) is 9.09 Å². The number of halogens is 5. The summed E-state index contributed by atoms with van der Waals surface area (Å²) in [5.41, 5.74) is -0.0407. The number of nitrogens with zero attached hydrogens (tertiary/aromatic N) is 3. The molecule has 2 aromatic heterocycles. The van der Waals surface area contributed by atoms with Crippen LogP contribution in [0.15, 0.2) is 45.7 Å². The molecule has 36 heavy (non-hydrogen) atoms. The maximum absolute atomic E-state index is 14.7. The topological polar surface area (TPSA) is 70.2 Å². The van der Waals surface area contributed by atoms with Gasteiger partial charge in [0.2, 0.25) is 0 Å². The van der Waals surface area contributed by atoms with Gasteiger partial charge >= 0.3 is 11.9 Å². The number of benzene rings is 2. The van der Waals surface area contributed by atoms with Gasteiger partial charge in [0, 0.05) is 24.7 Å². The van der Waals surface area contributed by atoms with Crippen LogP contribution in [-0.4, -0.2) is 14.7 Å². The number of unbranched alkanes of at least 4 members (excludes halogenated alkanes) is 1. The quantitative estimate of drug-likeness (QED) is 0.250. The molecule has 4 rings (SSSR count). The third-order valence-electron chi connectivity index (χ3n) is 5.42. The summed E-state index contributed by atoms with van der Waals surface area (Å²) in [6.45, 7) is 1.97. The van der Waals surface area contributed by atoms with E-state index in [1.807, 2.05) is 6.92 Å². The Bertz CT molecular complexity index is 1400. The molecule has 0 spiro atoms. The van der Waals surface area contributed by atoms with Gasteiger partial charge in [-0.2, -0.15) is 13.2 Å². The highest BCUT2D eigenvalue weighted by molar-refractivity contribution is 7.15. The van der Waals surface area contributed by atoms with Crippen molar-refractivity contribution in [2.45, 2.75) is 39.0 Å². The molecule has 0 atom stereocenters. The minimum atomic E-state index is -4.44. The zero-order valence-corrected chi connectivity index (χ0v) is 20.0. The maximum atomic E-state index is 14.7. The molecule has 0 saturated carbocycles. The van der Waals surface area contributed by atoms with Gasteiger partial charge in [-0.15, -0.1) is 11.3 Å². The molecular weight excluding hydrogens is 505 g/mol. The van der Waals surface area contributed by atoms with E-state index >= 15 is 0 Å². The van der Waals surface area contributed by atoms with E-state index in [1.54, 1.807) is 0 Å². The minimum Gasteiger partial charge on any atom is -0.488 e. The van der Waals surface area contributed by atoms with Gasteiger partial charge in [0.05, 0.1) is 21.7 Å². The van der Waals surface area contributed by atoms with Crippen molar-refractivity contribution in [2.24, 2.45) is 7.05 Å². The molecule has 0 radical (unpaired) electrons. The number of rotatable bonds is 8. The molecule has 0 aliphatic rings. The van der Waals surface area contributed by atoms with Crippen molar-refractivity contribution in [3.05, 3.63) is 74.7 Å². The molecule has 0 amide bonds. The average Bonchev–Trinajstić information content (AvgIpc) is 3.39. The lowest BCUT2D eigenvalue weighted by Crippen LogP contribution is -2.11. The number of alkyl halides is 3. The van der Waals surface area contributed by atoms with Gasteiger partial charge in [-0.05, 0) is 25.0 Å². The van der Waals surface area contributed by atoms with Crippen LogP contribution in [0.1, 0.15) is 35.9 Å². The number of hydrogen-bond donors (Lipinski definition) is 0. The highest BCUT2D eigenvalue weighted by Gasteiger charge is 2.30. The van der Waals surface area contributed by atoms with Crippen molar-refractivity contribution in [1.82, 2.24) is 14.7 Å². The lowest BCUT2D eigenvalue weighted by atomic mass is 10.1. The van der Waals surface area contributed by atoms with Gasteiger partial charge in [0.25, 0.3) is 0 Å². The van der Waals surface area contributed by atoms with E-state index in [0.29, 0.717) is 27.6 Å². The second-order valence-electron chi connectivity index (χ2n) is 7.95. The fourth-order valence-corrected chi connectivity index (χ4v) is 4.49. The number of thiazole rings is 1. The predicted octanol–water partition coefficient (Wildman–Crippen LogP) is 6.38. The third-order valence-corrected chi connectivity index (χ3v) is 6.54. The number of ether oxygens (including phenoxy) is 1. The van der Waals surface area contributed by atoms with E-state index in [4.69, 9.17) is 4.74 Å². The summed E-state index contributed by atoms with van der Waals surface area (Å²) in [4.78, 5) is 16.7. The lowest BCUT2D eigenvalue weighted by molar-refractivity contribution is -0.137. The molecule has 0 aliphatic carbocycles. The third kappa shape index (κ3) is 5.32. The van der Waals surface area contributed by atoms with Crippen LogP contribution in [0.2, 0.25) is 0 Å². The van der Waals surface area contributed by atoms with Crippen LogP contribution < -0.4 is 10.5 Å².